The van der Waals surface area contributed by atoms with Crippen LogP contribution in [0, 0.1) is 11.2 Å². The van der Waals surface area contributed by atoms with Gasteiger partial charge in [-0.25, -0.2) is 4.39 Å². The molecule has 0 atom stereocenters. The molecule has 0 amide bonds. The van der Waals surface area contributed by atoms with Crippen molar-refractivity contribution in [1.29, 1.82) is 0 Å². The Balaban J connectivity index is 3.08. The van der Waals surface area contributed by atoms with Gasteiger partial charge in [0.1, 0.15) is 5.82 Å². The van der Waals surface area contributed by atoms with E-state index in [1.165, 1.54) is 19.1 Å². The average Bonchev–Trinajstić information content (AvgIpc) is 2.41. The maximum atomic E-state index is 13.7. The van der Waals surface area contributed by atoms with Gasteiger partial charge < -0.3 is 9.47 Å². The Labute approximate surface area is 117 Å². The van der Waals surface area contributed by atoms with Crippen molar-refractivity contribution in [3.05, 3.63) is 35.6 Å². The van der Waals surface area contributed by atoms with E-state index < -0.39 is 23.2 Å². The molecule has 4 nitrogen and oxygen atoms in total. The number of rotatable bonds is 6. The highest BCUT2D eigenvalue weighted by Gasteiger charge is 2.44. The van der Waals surface area contributed by atoms with E-state index in [9.17, 15) is 14.0 Å². The van der Waals surface area contributed by atoms with Crippen molar-refractivity contribution in [3.8, 4) is 0 Å². The number of carbonyl (C=O) groups excluding carboxylic acids is 2. The lowest BCUT2D eigenvalue weighted by Crippen LogP contribution is -2.41. The van der Waals surface area contributed by atoms with Gasteiger partial charge in [0.15, 0.2) is 5.41 Å². The first-order chi connectivity index (χ1) is 9.45. The van der Waals surface area contributed by atoms with E-state index in [0.29, 0.717) is 0 Å². The normalized spacial score (nSPS) is 11.0. The van der Waals surface area contributed by atoms with Crippen molar-refractivity contribution in [2.75, 3.05) is 13.2 Å². The molecule has 5 heteroatoms. The molecule has 0 saturated heterocycles. The van der Waals surface area contributed by atoms with Gasteiger partial charge in [-0.2, -0.15) is 0 Å². The fourth-order valence-corrected chi connectivity index (χ4v) is 1.83. The highest BCUT2D eigenvalue weighted by Crippen LogP contribution is 2.27. The van der Waals surface area contributed by atoms with Gasteiger partial charge in [0.25, 0.3) is 0 Å². The minimum absolute atomic E-state index is 0.0999. The van der Waals surface area contributed by atoms with Gasteiger partial charge >= 0.3 is 11.9 Å². The van der Waals surface area contributed by atoms with Gasteiger partial charge in [0, 0.05) is 6.42 Å². The van der Waals surface area contributed by atoms with Gasteiger partial charge in [-0.1, -0.05) is 18.2 Å². The Hall–Kier alpha value is -1.91. The molecule has 0 aliphatic rings. The molecule has 0 unspecified atom stereocenters. The van der Waals surface area contributed by atoms with E-state index in [1.807, 2.05) is 0 Å². The van der Waals surface area contributed by atoms with Gasteiger partial charge in [-0.3, -0.25) is 9.59 Å². The molecule has 0 radical (unpaired) electrons. The summed E-state index contributed by atoms with van der Waals surface area (Å²) in [5.41, 5.74) is -1.27. The molecule has 0 spiro atoms. The summed E-state index contributed by atoms with van der Waals surface area (Å²) >= 11 is 0. The smallest absolute Gasteiger partial charge is 0.323 e. The first-order valence-electron chi connectivity index (χ1n) is 6.53. The number of carbonyl (C=O) groups is 2. The molecule has 0 aromatic heterocycles. The minimum Gasteiger partial charge on any atom is -0.465 e. The van der Waals surface area contributed by atoms with Crippen LogP contribution in [0.4, 0.5) is 4.39 Å². The molecule has 0 bridgehead atoms. The zero-order valence-corrected chi connectivity index (χ0v) is 11.9. The van der Waals surface area contributed by atoms with Crippen molar-refractivity contribution in [2.45, 2.75) is 27.2 Å². The Morgan fingerprint density at radius 2 is 1.60 bits per heavy atom. The second-order valence-corrected chi connectivity index (χ2v) is 4.54. The molecule has 110 valence electrons. The molecule has 0 heterocycles. The topological polar surface area (TPSA) is 52.6 Å². The SMILES string of the molecule is CCOC(=O)C(C)(Cc1ccccc1F)C(=O)OCC. The van der Waals surface area contributed by atoms with E-state index >= 15 is 0 Å². The van der Waals surface area contributed by atoms with Crippen LogP contribution in [0.15, 0.2) is 24.3 Å². The minimum atomic E-state index is -1.55. The van der Waals surface area contributed by atoms with E-state index in [2.05, 4.69) is 0 Å². The highest BCUT2D eigenvalue weighted by atomic mass is 19.1. The van der Waals surface area contributed by atoms with Crippen LogP contribution in [0.1, 0.15) is 26.3 Å². The molecule has 1 aromatic rings. The summed E-state index contributed by atoms with van der Waals surface area (Å²) in [4.78, 5) is 24.1. The zero-order chi connectivity index (χ0) is 15.2. The monoisotopic (exact) mass is 282 g/mol. The number of esters is 2. The summed E-state index contributed by atoms with van der Waals surface area (Å²) in [6, 6.07) is 6.01. The fourth-order valence-electron chi connectivity index (χ4n) is 1.83. The molecule has 0 aliphatic carbocycles. The van der Waals surface area contributed by atoms with E-state index in [0.717, 1.165) is 0 Å². The van der Waals surface area contributed by atoms with Crippen LogP contribution in [-0.2, 0) is 25.5 Å². The lowest BCUT2D eigenvalue weighted by Gasteiger charge is -2.25. The van der Waals surface area contributed by atoms with Crippen LogP contribution < -0.4 is 0 Å². The molecule has 0 N–H and O–H groups in total. The van der Waals surface area contributed by atoms with Gasteiger partial charge in [0.05, 0.1) is 13.2 Å². The van der Waals surface area contributed by atoms with Crippen molar-refractivity contribution in [3.63, 3.8) is 0 Å². The zero-order valence-electron chi connectivity index (χ0n) is 11.9. The molecule has 0 fully saturated rings. The molecular formula is C15H19FO4. The van der Waals surface area contributed by atoms with Crippen LogP contribution in [0.5, 0.6) is 0 Å². The molecule has 1 aromatic carbocycles. The van der Waals surface area contributed by atoms with E-state index in [-0.39, 0.29) is 25.2 Å². The molecule has 1 rings (SSSR count). The summed E-state index contributed by atoms with van der Waals surface area (Å²) in [5.74, 6) is -1.88. The van der Waals surface area contributed by atoms with Crippen LogP contribution in [0.25, 0.3) is 0 Å². The third-order valence-corrected chi connectivity index (χ3v) is 2.95. The standard InChI is InChI=1S/C15H19FO4/c1-4-19-13(17)15(3,14(18)20-5-2)10-11-8-6-7-9-12(11)16/h6-9H,4-5,10H2,1-3H3. The molecular weight excluding hydrogens is 263 g/mol. The predicted molar refractivity (Wildman–Crippen MR) is 71.5 cm³/mol. The Morgan fingerprint density at radius 3 is 2.05 bits per heavy atom. The van der Waals surface area contributed by atoms with E-state index in [1.54, 1.807) is 26.0 Å². The predicted octanol–water partition coefficient (Wildman–Crippen LogP) is 2.50. The fraction of sp³-hybridized carbons (Fsp3) is 0.467. The number of halogens is 1. The number of benzene rings is 1. The Bertz CT molecular complexity index is 467. The summed E-state index contributed by atoms with van der Waals surface area (Å²) < 4.78 is 23.6. The van der Waals surface area contributed by atoms with Gasteiger partial charge in [0.2, 0.25) is 0 Å². The largest absolute Gasteiger partial charge is 0.465 e. The first kappa shape index (κ1) is 16.1. The van der Waals surface area contributed by atoms with Crippen molar-refractivity contribution < 1.29 is 23.5 Å². The quantitative estimate of drug-likeness (QED) is 0.594. The summed E-state index contributed by atoms with van der Waals surface area (Å²) in [5, 5.41) is 0. The summed E-state index contributed by atoms with van der Waals surface area (Å²) in [6.07, 6.45) is -0.0999. The molecule has 20 heavy (non-hydrogen) atoms. The number of hydrogen-bond donors (Lipinski definition) is 0. The van der Waals surface area contributed by atoms with Gasteiger partial charge in [-0.15, -0.1) is 0 Å². The maximum absolute atomic E-state index is 13.7. The van der Waals surface area contributed by atoms with Crippen molar-refractivity contribution >= 4 is 11.9 Å². The average molecular weight is 282 g/mol. The first-order valence-corrected chi connectivity index (χ1v) is 6.53. The number of ether oxygens (including phenoxy) is 2. The van der Waals surface area contributed by atoms with Crippen LogP contribution in [0.3, 0.4) is 0 Å². The lowest BCUT2D eigenvalue weighted by molar-refractivity contribution is -0.170. The maximum Gasteiger partial charge on any atom is 0.323 e. The highest BCUT2D eigenvalue weighted by molar-refractivity contribution is 5.99. The summed E-state index contributed by atoms with van der Waals surface area (Å²) in [7, 11) is 0. The summed E-state index contributed by atoms with van der Waals surface area (Å²) in [6.45, 7) is 4.99. The molecule has 0 aliphatic heterocycles. The van der Waals surface area contributed by atoms with E-state index in [4.69, 9.17) is 9.47 Å². The number of hydrogen-bond acceptors (Lipinski definition) is 4. The lowest BCUT2D eigenvalue weighted by atomic mass is 9.83. The third kappa shape index (κ3) is 3.56. The Morgan fingerprint density at radius 1 is 1.10 bits per heavy atom. The third-order valence-electron chi connectivity index (χ3n) is 2.95. The van der Waals surface area contributed by atoms with Crippen molar-refractivity contribution in [1.82, 2.24) is 0 Å². The second-order valence-electron chi connectivity index (χ2n) is 4.54. The van der Waals surface area contributed by atoms with Crippen molar-refractivity contribution in [2.24, 2.45) is 5.41 Å². The van der Waals surface area contributed by atoms with Crippen LogP contribution in [0.2, 0.25) is 0 Å². The molecule has 0 saturated carbocycles. The van der Waals surface area contributed by atoms with Crippen LogP contribution >= 0.6 is 0 Å². The van der Waals surface area contributed by atoms with Crippen LogP contribution in [-0.4, -0.2) is 25.2 Å². The Kier molecular flexibility index (Phi) is 5.67. The second kappa shape index (κ2) is 7.03. The van der Waals surface area contributed by atoms with Gasteiger partial charge in [-0.05, 0) is 32.4 Å².